The van der Waals surface area contributed by atoms with Crippen LogP contribution in [0.2, 0.25) is 5.02 Å². The van der Waals surface area contributed by atoms with Crippen molar-refractivity contribution in [2.45, 2.75) is 0 Å². The minimum atomic E-state index is -0.830. The predicted octanol–water partition coefficient (Wildman–Crippen LogP) is 3.09. The van der Waals surface area contributed by atoms with E-state index < -0.39 is 17.8 Å². The lowest BCUT2D eigenvalue weighted by Crippen LogP contribution is -2.33. The molecule has 1 aliphatic heterocycles. The summed E-state index contributed by atoms with van der Waals surface area (Å²) in [5, 5.41) is 9.70. The van der Waals surface area contributed by atoms with Crippen molar-refractivity contribution < 1.29 is 19.1 Å². The lowest BCUT2D eigenvalue weighted by atomic mass is 10.1. The molecule has 0 bridgehead atoms. The van der Waals surface area contributed by atoms with E-state index in [-0.39, 0.29) is 18.7 Å². The third-order valence-corrected chi connectivity index (χ3v) is 4.20. The molecule has 0 spiro atoms. The predicted molar refractivity (Wildman–Crippen MR) is 97.8 cm³/mol. The fourth-order valence-corrected chi connectivity index (χ4v) is 2.74. The molecule has 2 aromatic carbocycles. The Bertz CT molecular complexity index is 955. The molecule has 0 radical (unpaired) electrons. The molecule has 0 saturated carbocycles. The Hall–Kier alpha value is -3.43. The Balaban J connectivity index is 1.61. The van der Waals surface area contributed by atoms with Crippen molar-refractivity contribution in [3.05, 3.63) is 75.8 Å². The van der Waals surface area contributed by atoms with Gasteiger partial charge in [-0.05, 0) is 35.9 Å². The molecule has 0 aliphatic carbocycles. The molecule has 0 N–H and O–H groups in total. The van der Waals surface area contributed by atoms with Crippen molar-refractivity contribution in [2.24, 2.45) is 0 Å². The van der Waals surface area contributed by atoms with E-state index in [1.807, 2.05) is 0 Å². The first-order valence-electron chi connectivity index (χ1n) is 8.01. The Morgan fingerprint density at radius 1 is 1.07 bits per heavy atom. The van der Waals surface area contributed by atoms with Crippen molar-refractivity contribution in [1.29, 1.82) is 5.26 Å². The number of rotatable bonds is 5. The fourth-order valence-electron chi connectivity index (χ4n) is 2.61. The van der Waals surface area contributed by atoms with Gasteiger partial charge in [0, 0.05) is 5.02 Å². The summed E-state index contributed by atoms with van der Waals surface area (Å²) in [6.45, 7) is -0.290. The molecule has 134 valence electrons. The highest BCUT2D eigenvalue weighted by atomic mass is 35.5. The number of halogens is 1. The molecule has 0 atom stereocenters. The van der Waals surface area contributed by atoms with Gasteiger partial charge in [0.2, 0.25) is 0 Å². The Kier molecular flexibility index (Phi) is 5.34. The van der Waals surface area contributed by atoms with Crippen LogP contribution in [0.5, 0.6) is 0 Å². The average molecular weight is 381 g/mol. The van der Waals surface area contributed by atoms with Gasteiger partial charge in [0.05, 0.1) is 17.7 Å². The minimum absolute atomic E-state index is 0.0856. The number of esters is 1. The van der Waals surface area contributed by atoms with E-state index >= 15 is 0 Å². The topological polar surface area (TPSA) is 87.5 Å². The van der Waals surface area contributed by atoms with Gasteiger partial charge in [0.1, 0.15) is 18.2 Å². The van der Waals surface area contributed by atoms with Crippen LogP contribution in [0.25, 0.3) is 6.08 Å². The maximum atomic E-state index is 12.2. The maximum absolute atomic E-state index is 12.2. The maximum Gasteiger partial charge on any atom is 0.348 e. The molecule has 2 amide bonds. The second-order valence-corrected chi connectivity index (χ2v) is 6.10. The van der Waals surface area contributed by atoms with Gasteiger partial charge >= 0.3 is 5.97 Å². The second kappa shape index (κ2) is 7.85. The third-order valence-electron chi connectivity index (χ3n) is 3.95. The van der Waals surface area contributed by atoms with Gasteiger partial charge in [0.15, 0.2) is 0 Å². The second-order valence-electron chi connectivity index (χ2n) is 5.66. The van der Waals surface area contributed by atoms with Crippen molar-refractivity contribution in [3.8, 4) is 6.07 Å². The summed E-state index contributed by atoms with van der Waals surface area (Å²) in [6, 6.07) is 14.9. The van der Waals surface area contributed by atoms with Crippen LogP contribution in [0, 0.1) is 11.3 Å². The monoisotopic (exact) mass is 380 g/mol. The number of nitriles is 1. The summed E-state index contributed by atoms with van der Waals surface area (Å²) >= 11 is 5.80. The van der Waals surface area contributed by atoms with Crippen molar-refractivity contribution >= 4 is 35.5 Å². The summed E-state index contributed by atoms with van der Waals surface area (Å²) in [6.07, 6.45) is 1.38. The SMILES string of the molecule is N#C/C(=C\c1ccc(Cl)cc1)C(=O)OCCN1C(=O)c2ccccc2C1=O. The van der Waals surface area contributed by atoms with Crippen molar-refractivity contribution in [1.82, 2.24) is 4.90 Å². The van der Waals surface area contributed by atoms with Gasteiger partial charge in [-0.3, -0.25) is 14.5 Å². The van der Waals surface area contributed by atoms with E-state index in [9.17, 15) is 14.4 Å². The van der Waals surface area contributed by atoms with Gasteiger partial charge in [-0.25, -0.2) is 4.79 Å². The van der Waals surface area contributed by atoms with Crippen LogP contribution in [0.15, 0.2) is 54.1 Å². The first-order chi connectivity index (χ1) is 13.0. The normalized spacial score (nSPS) is 13.3. The molecule has 0 aromatic heterocycles. The number of nitrogens with zero attached hydrogens (tertiary/aromatic N) is 2. The first-order valence-corrected chi connectivity index (χ1v) is 8.39. The first kappa shape index (κ1) is 18.4. The average Bonchev–Trinajstić information content (AvgIpc) is 2.92. The zero-order valence-corrected chi connectivity index (χ0v) is 14.8. The summed E-state index contributed by atoms with van der Waals surface area (Å²) in [5.41, 5.74) is 1.08. The zero-order valence-electron chi connectivity index (χ0n) is 14.0. The summed E-state index contributed by atoms with van der Waals surface area (Å²) in [4.78, 5) is 37.6. The molecule has 0 unspecified atom stereocenters. The van der Waals surface area contributed by atoms with E-state index in [1.54, 1.807) is 54.6 Å². The number of fused-ring (bicyclic) bond motifs is 1. The quantitative estimate of drug-likeness (QED) is 0.344. The number of amides is 2. The molecule has 2 aromatic rings. The van der Waals surface area contributed by atoms with E-state index in [4.69, 9.17) is 21.6 Å². The number of benzene rings is 2. The smallest absolute Gasteiger partial charge is 0.348 e. The molecule has 0 saturated heterocycles. The van der Waals surface area contributed by atoms with Gasteiger partial charge in [-0.15, -0.1) is 0 Å². The Labute approximate surface area is 160 Å². The molecular weight excluding hydrogens is 368 g/mol. The number of ether oxygens (including phenoxy) is 1. The van der Waals surface area contributed by atoms with Gasteiger partial charge < -0.3 is 4.74 Å². The third kappa shape index (κ3) is 3.89. The van der Waals surface area contributed by atoms with Gasteiger partial charge in [-0.2, -0.15) is 5.26 Å². The fraction of sp³-hybridized carbons (Fsp3) is 0.100. The highest BCUT2D eigenvalue weighted by molar-refractivity contribution is 6.30. The lowest BCUT2D eigenvalue weighted by Gasteiger charge is -2.13. The van der Waals surface area contributed by atoms with Crippen LogP contribution in [-0.2, 0) is 9.53 Å². The number of hydrogen-bond acceptors (Lipinski definition) is 5. The van der Waals surface area contributed by atoms with Gasteiger partial charge in [-0.1, -0.05) is 35.9 Å². The van der Waals surface area contributed by atoms with Crippen LogP contribution in [0.1, 0.15) is 26.3 Å². The molecule has 7 heteroatoms. The highest BCUT2D eigenvalue weighted by Gasteiger charge is 2.34. The van der Waals surface area contributed by atoms with E-state index in [0.29, 0.717) is 21.7 Å². The summed E-state index contributed by atoms with van der Waals surface area (Å²) in [5.74, 6) is -1.68. The standard InChI is InChI=1S/C20H13ClN2O4/c21-15-7-5-13(6-8-15)11-14(12-22)20(26)27-10-9-23-18(24)16-3-1-2-4-17(16)19(23)25/h1-8,11H,9-10H2/b14-11+. The number of hydrogen-bond donors (Lipinski definition) is 0. The lowest BCUT2D eigenvalue weighted by molar-refractivity contribution is -0.138. The molecule has 6 nitrogen and oxygen atoms in total. The number of imide groups is 1. The molecule has 27 heavy (non-hydrogen) atoms. The highest BCUT2D eigenvalue weighted by Crippen LogP contribution is 2.22. The van der Waals surface area contributed by atoms with E-state index in [1.165, 1.54) is 6.08 Å². The van der Waals surface area contributed by atoms with Crippen LogP contribution in [-0.4, -0.2) is 35.8 Å². The molecule has 1 aliphatic rings. The Morgan fingerprint density at radius 2 is 1.67 bits per heavy atom. The van der Waals surface area contributed by atoms with Gasteiger partial charge in [0.25, 0.3) is 11.8 Å². The van der Waals surface area contributed by atoms with Crippen LogP contribution < -0.4 is 0 Å². The molecular formula is C20H13ClN2O4. The minimum Gasteiger partial charge on any atom is -0.460 e. The van der Waals surface area contributed by atoms with E-state index in [2.05, 4.69) is 0 Å². The number of carbonyl (C=O) groups excluding carboxylic acids is 3. The molecule has 0 fully saturated rings. The molecule has 1 heterocycles. The zero-order chi connectivity index (χ0) is 19.4. The Morgan fingerprint density at radius 3 is 2.22 bits per heavy atom. The van der Waals surface area contributed by atoms with Crippen LogP contribution in [0.4, 0.5) is 0 Å². The van der Waals surface area contributed by atoms with E-state index in [0.717, 1.165) is 4.90 Å². The largest absolute Gasteiger partial charge is 0.460 e. The van der Waals surface area contributed by atoms with Crippen molar-refractivity contribution in [3.63, 3.8) is 0 Å². The van der Waals surface area contributed by atoms with Crippen LogP contribution >= 0.6 is 11.6 Å². The van der Waals surface area contributed by atoms with Crippen molar-refractivity contribution in [2.75, 3.05) is 13.2 Å². The summed E-state index contributed by atoms with van der Waals surface area (Å²) < 4.78 is 5.05. The number of carbonyl (C=O) groups is 3. The molecule has 3 rings (SSSR count). The van der Waals surface area contributed by atoms with Crippen LogP contribution in [0.3, 0.4) is 0 Å². The summed E-state index contributed by atoms with van der Waals surface area (Å²) in [7, 11) is 0.